The highest BCUT2D eigenvalue weighted by atomic mass is 19.1. The lowest BCUT2D eigenvalue weighted by Gasteiger charge is -2.21. The number of carbonyl (C=O) groups is 2. The lowest BCUT2D eigenvalue weighted by Crippen LogP contribution is -2.40. The van der Waals surface area contributed by atoms with Crippen LogP contribution in [0.1, 0.15) is 12.5 Å². The molecular formula is C19H20F2N2O3. The molecule has 2 amide bonds. The quantitative estimate of drug-likeness (QED) is 0.824. The van der Waals surface area contributed by atoms with Crippen LogP contribution in [0.2, 0.25) is 0 Å². The smallest absolute Gasteiger partial charge is 0.240 e. The Hall–Kier alpha value is -2.96. The summed E-state index contributed by atoms with van der Waals surface area (Å²) in [4.78, 5) is 24.8. The molecule has 0 atom stereocenters. The molecule has 0 spiro atoms. The number of nitrogens with one attached hydrogen (secondary N) is 1. The second kappa shape index (κ2) is 8.94. The molecule has 2 aromatic carbocycles. The van der Waals surface area contributed by atoms with E-state index in [9.17, 15) is 18.4 Å². The van der Waals surface area contributed by atoms with E-state index in [2.05, 4.69) is 5.32 Å². The van der Waals surface area contributed by atoms with Crippen molar-refractivity contribution in [2.45, 2.75) is 13.3 Å². The summed E-state index contributed by atoms with van der Waals surface area (Å²) >= 11 is 0. The molecule has 0 unspecified atom stereocenters. The van der Waals surface area contributed by atoms with Crippen molar-refractivity contribution in [1.29, 1.82) is 0 Å². The molecule has 2 rings (SSSR count). The van der Waals surface area contributed by atoms with E-state index < -0.39 is 23.4 Å². The standard InChI is InChI=1S/C19H20F2N2O3/c1-13(24)23(18-8-5-15(20)11-17(18)21)12-19(25)22-10-9-14-3-6-16(26-2)7-4-14/h3-8,11H,9-10,12H2,1-2H3,(H,22,25). The molecule has 138 valence electrons. The van der Waals surface area contributed by atoms with Crippen LogP contribution in [0.25, 0.3) is 0 Å². The zero-order chi connectivity index (χ0) is 19.1. The number of hydrogen-bond donors (Lipinski definition) is 1. The van der Waals surface area contributed by atoms with Crippen LogP contribution in [0.5, 0.6) is 5.75 Å². The number of carbonyl (C=O) groups excluding carboxylic acids is 2. The van der Waals surface area contributed by atoms with Crippen molar-refractivity contribution in [3.63, 3.8) is 0 Å². The Bertz CT molecular complexity index is 779. The average molecular weight is 362 g/mol. The van der Waals surface area contributed by atoms with Gasteiger partial charge in [-0.3, -0.25) is 9.59 Å². The monoisotopic (exact) mass is 362 g/mol. The average Bonchev–Trinajstić information content (AvgIpc) is 2.60. The van der Waals surface area contributed by atoms with Crippen LogP contribution in [-0.2, 0) is 16.0 Å². The van der Waals surface area contributed by atoms with Gasteiger partial charge in [0, 0.05) is 19.5 Å². The Morgan fingerprint density at radius 1 is 1.12 bits per heavy atom. The molecule has 0 aromatic heterocycles. The zero-order valence-electron chi connectivity index (χ0n) is 14.6. The molecular weight excluding hydrogens is 342 g/mol. The lowest BCUT2D eigenvalue weighted by molar-refractivity contribution is -0.123. The molecule has 0 aliphatic heterocycles. The first-order chi connectivity index (χ1) is 12.4. The highest BCUT2D eigenvalue weighted by molar-refractivity contribution is 5.97. The molecule has 0 bridgehead atoms. The first kappa shape index (κ1) is 19.4. The van der Waals surface area contributed by atoms with Gasteiger partial charge in [-0.15, -0.1) is 0 Å². The minimum absolute atomic E-state index is 0.135. The molecule has 0 saturated carbocycles. The van der Waals surface area contributed by atoms with Crippen molar-refractivity contribution in [2.24, 2.45) is 0 Å². The van der Waals surface area contributed by atoms with E-state index >= 15 is 0 Å². The highest BCUT2D eigenvalue weighted by Crippen LogP contribution is 2.20. The fourth-order valence-corrected chi connectivity index (χ4v) is 2.40. The molecule has 0 aliphatic rings. The summed E-state index contributed by atoms with van der Waals surface area (Å²) in [7, 11) is 1.58. The third kappa shape index (κ3) is 5.27. The van der Waals surface area contributed by atoms with Gasteiger partial charge in [0.25, 0.3) is 0 Å². The summed E-state index contributed by atoms with van der Waals surface area (Å²) in [6, 6.07) is 10.3. The first-order valence-corrected chi connectivity index (χ1v) is 8.03. The van der Waals surface area contributed by atoms with Crippen molar-refractivity contribution in [1.82, 2.24) is 5.32 Å². The minimum atomic E-state index is -0.897. The van der Waals surface area contributed by atoms with E-state index in [1.807, 2.05) is 24.3 Å². The van der Waals surface area contributed by atoms with Gasteiger partial charge in [0.1, 0.15) is 23.9 Å². The van der Waals surface area contributed by atoms with Crippen LogP contribution >= 0.6 is 0 Å². The van der Waals surface area contributed by atoms with Crippen LogP contribution in [0.15, 0.2) is 42.5 Å². The maximum Gasteiger partial charge on any atom is 0.240 e. The fourth-order valence-electron chi connectivity index (χ4n) is 2.40. The zero-order valence-corrected chi connectivity index (χ0v) is 14.6. The predicted octanol–water partition coefficient (Wildman–Crippen LogP) is 2.69. The number of nitrogens with zero attached hydrogens (tertiary/aromatic N) is 1. The second-order valence-electron chi connectivity index (χ2n) is 5.65. The van der Waals surface area contributed by atoms with Gasteiger partial charge in [0.2, 0.25) is 11.8 Å². The molecule has 26 heavy (non-hydrogen) atoms. The number of methoxy groups -OCH3 is 1. The molecule has 5 nitrogen and oxygen atoms in total. The number of halogens is 2. The number of rotatable bonds is 7. The Morgan fingerprint density at radius 2 is 1.81 bits per heavy atom. The van der Waals surface area contributed by atoms with Gasteiger partial charge in [-0.1, -0.05) is 12.1 Å². The number of hydrogen-bond acceptors (Lipinski definition) is 3. The third-order valence-corrected chi connectivity index (χ3v) is 3.78. The second-order valence-corrected chi connectivity index (χ2v) is 5.65. The van der Waals surface area contributed by atoms with Crippen LogP contribution in [0.4, 0.5) is 14.5 Å². The predicted molar refractivity (Wildman–Crippen MR) is 94.1 cm³/mol. The van der Waals surface area contributed by atoms with Crippen LogP contribution < -0.4 is 15.0 Å². The van der Waals surface area contributed by atoms with E-state index in [0.29, 0.717) is 19.0 Å². The molecule has 0 saturated heterocycles. The summed E-state index contributed by atoms with van der Waals surface area (Å²) in [5.74, 6) is -1.85. The van der Waals surface area contributed by atoms with E-state index in [1.165, 1.54) is 6.92 Å². The fraction of sp³-hybridized carbons (Fsp3) is 0.263. The molecule has 0 fully saturated rings. The normalized spacial score (nSPS) is 10.3. The lowest BCUT2D eigenvalue weighted by atomic mass is 10.1. The number of anilines is 1. The Morgan fingerprint density at radius 3 is 2.38 bits per heavy atom. The largest absolute Gasteiger partial charge is 0.497 e. The van der Waals surface area contributed by atoms with Gasteiger partial charge < -0.3 is 15.0 Å². The molecule has 0 heterocycles. The SMILES string of the molecule is COc1ccc(CCNC(=O)CN(C(C)=O)c2ccc(F)cc2F)cc1. The topological polar surface area (TPSA) is 58.6 Å². The maximum absolute atomic E-state index is 13.9. The summed E-state index contributed by atoms with van der Waals surface area (Å²) in [5, 5.41) is 2.69. The van der Waals surface area contributed by atoms with E-state index in [1.54, 1.807) is 7.11 Å². The van der Waals surface area contributed by atoms with E-state index in [0.717, 1.165) is 28.3 Å². The highest BCUT2D eigenvalue weighted by Gasteiger charge is 2.19. The van der Waals surface area contributed by atoms with Crippen LogP contribution in [0, 0.1) is 11.6 Å². The van der Waals surface area contributed by atoms with Crippen molar-refractivity contribution >= 4 is 17.5 Å². The summed E-state index contributed by atoms with van der Waals surface area (Å²) in [6.07, 6.45) is 0.598. The van der Waals surface area contributed by atoms with Gasteiger partial charge in [-0.25, -0.2) is 8.78 Å². The van der Waals surface area contributed by atoms with Gasteiger partial charge in [0.05, 0.1) is 12.8 Å². The Kier molecular flexibility index (Phi) is 6.66. The van der Waals surface area contributed by atoms with Crippen molar-refractivity contribution in [2.75, 3.05) is 25.1 Å². The van der Waals surface area contributed by atoms with Crippen LogP contribution in [0.3, 0.4) is 0 Å². The van der Waals surface area contributed by atoms with Crippen molar-refractivity contribution in [3.8, 4) is 5.75 Å². The van der Waals surface area contributed by atoms with E-state index in [-0.39, 0.29) is 12.2 Å². The molecule has 0 radical (unpaired) electrons. The first-order valence-electron chi connectivity index (χ1n) is 8.03. The summed E-state index contributed by atoms with van der Waals surface area (Å²) < 4.78 is 32.0. The number of ether oxygens (including phenoxy) is 1. The third-order valence-electron chi connectivity index (χ3n) is 3.78. The van der Waals surface area contributed by atoms with Crippen molar-refractivity contribution in [3.05, 3.63) is 59.7 Å². The maximum atomic E-state index is 13.9. The van der Waals surface area contributed by atoms with Gasteiger partial charge >= 0.3 is 0 Å². The van der Waals surface area contributed by atoms with Crippen molar-refractivity contribution < 1.29 is 23.1 Å². The Labute approximate surface area is 150 Å². The van der Waals surface area contributed by atoms with Gasteiger partial charge in [-0.05, 0) is 36.2 Å². The molecule has 0 aliphatic carbocycles. The summed E-state index contributed by atoms with van der Waals surface area (Å²) in [6.45, 7) is 1.23. The number of benzene rings is 2. The Balaban J connectivity index is 1.92. The van der Waals surface area contributed by atoms with Gasteiger partial charge in [0.15, 0.2) is 0 Å². The minimum Gasteiger partial charge on any atom is -0.497 e. The van der Waals surface area contributed by atoms with Crippen LogP contribution in [-0.4, -0.2) is 32.0 Å². The summed E-state index contributed by atoms with van der Waals surface area (Å²) in [5.41, 5.74) is 0.878. The molecule has 7 heteroatoms. The molecule has 1 N–H and O–H groups in total. The van der Waals surface area contributed by atoms with Gasteiger partial charge in [-0.2, -0.15) is 0 Å². The number of amides is 2. The van der Waals surface area contributed by atoms with E-state index in [4.69, 9.17) is 4.74 Å². The molecule has 2 aromatic rings.